The number of urea groups is 1. The molecule has 1 N–H and O–H groups in total. The molecule has 1 saturated heterocycles. The van der Waals surface area contributed by atoms with Gasteiger partial charge in [-0.1, -0.05) is 6.92 Å². The smallest absolute Gasteiger partial charge is 0.338 e. The number of carbonyl (C=O) groups excluding carboxylic acids is 2. The van der Waals surface area contributed by atoms with Crippen LogP contribution < -0.4 is 14.8 Å². The van der Waals surface area contributed by atoms with Crippen LogP contribution in [-0.2, 0) is 9.53 Å². The molecule has 2 aliphatic heterocycles. The second-order valence-corrected chi connectivity index (χ2v) is 8.09. The fourth-order valence-corrected chi connectivity index (χ4v) is 4.13. The Morgan fingerprint density at radius 1 is 1.19 bits per heavy atom. The summed E-state index contributed by atoms with van der Waals surface area (Å²) in [5, 5.41) is 2.95. The van der Waals surface area contributed by atoms with Crippen molar-refractivity contribution in [1.82, 2.24) is 15.1 Å². The SMILES string of the molecule is CCOC(=O)C1=C(CN2CCC(C)CC2)N(C)C(=O)N[C@@H]1c1cc(OC)ccc1OC. The highest BCUT2D eigenvalue weighted by Gasteiger charge is 2.39. The average Bonchev–Trinajstić information content (AvgIpc) is 2.77. The summed E-state index contributed by atoms with van der Waals surface area (Å²) in [5.74, 6) is 1.42. The van der Waals surface area contributed by atoms with E-state index >= 15 is 0 Å². The monoisotopic (exact) mass is 431 g/mol. The van der Waals surface area contributed by atoms with Crippen LogP contribution in [0.5, 0.6) is 11.5 Å². The Morgan fingerprint density at radius 3 is 2.52 bits per heavy atom. The Labute approximate surface area is 184 Å². The maximum absolute atomic E-state index is 13.1. The number of carbonyl (C=O) groups is 2. The van der Waals surface area contributed by atoms with Crippen molar-refractivity contribution in [3.8, 4) is 11.5 Å². The molecule has 2 amide bonds. The number of nitrogens with one attached hydrogen (secondary N) is 1. The molecule has 1 atom stereocenters. The lowest BCUT2D eigenvalue weighted by molar-refractivity contribution is -0.139. The lowest BCUT2D eigenvalue weighted by Gasteiger charge is -2.38. The number of ether oxygens (including phenoxy) is 3. The number of hydrogen-bond donors (Lipinski definition) is 1. The molecule has 3 rings (SSSR count). The zero-order valence-corrected chi connectivity index (χ0v) is 19.1. The van der Waals surface area contributed by atoms with Crippen molar-refractivity contribution in [2.75, 3.05) is 47.5 Å². The fourth-order valence-electron chi connectivity index (χ4n) is 4.13. The predicted octanol–water partition coefficient (Wildman–Crippen LogP) is 2.95. The van der Waals surface area contributed by atoms with Gasteiger partial charge in [-0.2, -0.15) is 0 Å². The van der Waals surface area contributed by atoms with Crippen molar-refractivity contribution in [3.63, 3.8) is 0 Å². The largest absolute Gasteiger partial charge is 0.497 e. The minimum Gasteiger partial charge on any atom is -0.497 e. The van der Waals surface area contributed by atoms with Crippen LogP contribution in [-0.4, -0.2) is 69.3 Å². The first-order valence-electron chi connectivity index (χ1n) is 10.8. The molecular formula is C23H33N3O5. The summed E-state index contributed by atoms with van der Waals surface area (Å²) in [6.45, 7) is 6.65. The van der Waals surface area contributed by atoms with E-state index in [-0.39, 0.29) is 12.6 Å². The van der Waals surface area contributed by atoms with Crippen LogP contribution in [0.1, 0.15) is 38.3 Å². The van der Waals surface area contributed by atoms with Gasteiger partial charge >= 0.3 is 12.0 Å². The molecule has 1 aromatic carbocycles. The van der Waals surface area contributed by atoms with Gasteiger partial charge in [-0.05, 0) is 57.0 Å². The van der Waals surface area contributed by atoms with Crippen molar-refractivity contribution >= 4 is 12.0 Å². The Bertz CT molecular complexity index is 846. The molecule has 1 aromatic rings. The minimum atomic E-state index is -0.702. The van der Waals surface area contributed by atoms with Crippen molar-refractivity contribution in [2.45, 2.75) is 32.7 Å². The van der Waals surface area contributed by atoms with E-state index in [1.165, 1.54) is 4.90 Å². The third-order valence-corrected chi connectivity index (χ3v) is 6.07. The molecule has 0 radical (unpaired) electrons. The van der Waals surface area contributed by atoms with E-state index in [2.05, 4.69) is 17.1 Å². The lowest BCUT2D eigenvalue weighted by Crippen LogP contribution is -2.50. The summed E-state index contributed by atoms with van der Waals surface area (Å²) >= 11 is 0. The summed E-state index contributed by atoms with van der Waals surface area (Å²) < 4.78 is 16.3. The van der Waals surface area contributed by atoms with Crippen LogP contribution >= 0.6 is 0 Å². The van der Waals surface area contributed by atoms with Gasteiger partial charge in [0, 0.05) is 24.9 Å². The first kappa shape index (κ1) is 22.9. The molecule has 8 heteroatoms. The lowest BCUT2D eigenvalue weighted by atomic mass is 9.92. The number of hydrogen-bond acceptors (Lipinski definition) is 6. The summed E-state index contributed by atoms with van der Waals surface area (Å²) in [4.78, 5) is 29.9. The topological polar surface area (TPSA) is 80.3 Å². The maximum atomic E-state index is 13.1. The number of nitrogens with zero attached hydrogens (tertiary/aromatic N) is 2. The van der Waals surface area contributed by atoms with Gasteiger partial charge in [-0.15, -0.1) is 0 Å². The van der Waals surface area contributed by atoms with Gasteiger partial charge in [-0.3, -0.25) is 9.80 Å². The van der Waals surface area contributed by atoms with Crippen LogP contribution in [0.3, 0.4) is 0 Å². The minimum absolute atomic E-state index is 0.246. The highest BCUT2D eigenvalue weighted by molar-refractivity contribution is 5.95. The summed E-state index contributed by atoms with van der Waals surface area (Å²) in [6.07, 6.45) is 2.20. The van der Waals surface area contributed by atoms with Crippen LogP contribution in [0.25, 0.3) is 0 Å². The first-order chi connectivity index (χ1) is 14.9. The highest BCUT2D eigenvalue weighted by Crippen LogP contribution is 2.38. The molecule has 1 fully saturated rings. The Kier molecular flexibility index (Phi) is 7.43. The van der Waals surface area contributed by atoms with Gasteiger partial charge < -0.3 is 19.5 Å². The van der Waals surface area contributed by atoms with Gasteiger partial charge in [0.05, 0.1) is 32.4 Å². The number of likely N-dealkylation sites (N-methyl/N-ethyl adjacent to an activating group) is 1. The van der Waals surface area contributed by atoms with E-state index in [0.717, 1.165) is 25.9 Å². The van der Waals surface area contributed by atoms with Gasteiger partial charge in [-0.25, -0.2) is 9.59 Å². The molecule has 0 saturated carbocycles. The van der Waals surface area contributed by atoms with Crippen LogP contribution in [0.2, 0.25) is 0 Å². The number of benzene rings is 1. The molecule has 0 aromatic heterocycles. The molecule has 31 heavy (non-hydrogen) atoms. The molecular weight excluding hydrogens is 398 g/mol. The molecule has 170 valence electrons. The molecule has 8 nitrogen and oxygen atoms in total. The molecule has 2 heterocycles. The van der Waals surface area contributed by atoms with Crippen LogP contribution in [0.15, 0.2) is 29.5 Å². The Balaban J connectivity index is 2.09. The van der Waals surface area contributed by atoms with Crippen molar-refractivity contribution in [2.24, 2.45) is 5.92 Å². The first-order valence-corrected chi connectivity index (χ1v) is 10.8. The molecule has 0 bridgehead atoms. The van der Waals surface area contributed by atoms with E-state index in [0.29, 0.717) is 40.8 Å². The van der Waals surface area contributed by atoms with E-state index in [4.69, 9.17) is 14.2 Å². The summed E-state index contributed by atoms with van der Waals surface area (Å²) in [5.41, 5.74) is 1.73. The number of esters is 1. The average molecular weight is 432 g/mol. The molecule has 2 aliphatic rings. The Morgan fingerprint density at radius 2 is 1.90 bits per heavy atom. The fraction of sp³-hybridized carbons (Fsp3) is 0.565. The highest BCUT2D eigenvalue weighted by atomic mass is 16.5. The quantitative estimate of drug-likeness (QED) is 0.669. The zero-order valence-electron chi connectivity index (χ0n) is 19.1. The van der Waals surface area contributed by atoms with Crippen molar-refractivity contribution in [3.05, 3.63) is 35.0 Å². The van der Waals surface area contributed by atoms with E-state index < -0.39 is 12.0 Å². The van der Waals surface area contributed by atoms with E-state index in [1.807, 2.05) is 0 Å². The molecule has 0 spiro atoms. The van der Waals surface area contributed by atoms with Gasteiger partial charge in [0.1, 0.15) is 11.5 Å². The number of rotatable bonds is 7. The molecule has 0 aliphatic carbocycles. The standard InChI is InChI=1S/C23H33N3O5/c1-6-31-22(27)20-18(14-26-11-9-15(2)10-12-26)25(3)23(28)24-21(20)17-13-16(29-4)7-8-19(17)30-5/h7-8,13,15,21H,6,9-12,14H2,1-5H3,(H,24,28)/t21-/m1/s1. The normalized spacial score (nSPS) is 20.5. The van der Waals surface area contributed by atoms with Crippen LogP contribution in [0, 0.1) is 5.92 Å². The second kappa shape index (κ2) is 10.0. The zero-order chi connectivity index (χ0) is 22.5. The van der Waals surface area contributed by atoms with E-state index in [1.54, 1.807) is 46.4 Å². The van der Waals surface area contributed by atoms with E-state index in [9.17, 15) is 9.59 Å². The van der Waals surface area contributed by atoms with Gasteiger partial charge in [0.2, 0.25) is 0 Å². The maximum Gasteiger partial charge on any atom is 0.338 e. The second-order valence-electron chi connectivity index (χ2n) is 8.09. The Hall–Kier alpha value is -2.74. The van der Waals surface area contributed by atoms with Crippen LogP contribution in [0.4, 0.5) is 4.79 Å². The summed E-state index contributed by atoms with van der Waals surface area (Å²) in [6, 6.07) is 4.36. The third-order valence-electron chi connectivity index (χ3n) is 6.07. The third kappa shape index (κ3) is 4.95. The number of piperidine rings is 1. The van der Waals surface area contributed by atoms with Crippen molar-refractivity contribution < 1.29 is 23.8 Å². The number of amides is 2. The number of likely N-dealkylation sites (tertiary alicyclic amines) is 1. The van der Waals surface area contributed by atoms with Gasteiger partial charge in [0.25, 0.3) is 0 Å². The number of methoxy groups -OCH3 is 2. The van der Waals surface area contributed by atoms with Crippen molar-refractivity contribution in [1.29, 1.82) is 0 Å². The van der Waals surface area contributed by atoms with Gasteiger partial charge in [0.15, 0.2) is 0 Å². The molecule has 0 unspecified atom stereocenters. The predicted molar refractivity (Wildman–Crippen MR) is 117 cm³/mol. The summed E-state index contributed by atoms with van der Waals surface area (Å²) in [7, 11) is 4.82.